The van der Waals surface area contributed by atoms with Crippen molar-refractivity contribution in [3.8, 4) is 0 Å². The molecule has 1 heterocycles. The predicted molar refractivity (Wildman–Crippen MR) is 100 cm³/mol. The molecule has 2 fully saturated rings. The molecule has 0 bridgehead atoms. The minimum absolute atomic E-state index is 0. The van der Waals surface area contributed by atoms with Gasteiger partial charge in [-0.25, -0.2) is 0 Å². The smallest absolute Gasteiger partial charge is 0.0595 e. The normalized spacial score (nSPS) is 21.0. The van der Waals surface area contributed by atoms with Gasteiger partial charge < -0.3 is 5.32 Å². The van der Waals surface area contributed by atoms with Crippen LogP contribution in [0.15, 0.2) is 18.2 Å². The lowest BCUT2D eigenvalue weighted by Crippen LogP contribution is -2.46. The lowest BCUT2D eigenvalue weighted by atomic mass is 9.90. The molecule has 1 saturated heterocycles. The van der Waals surface area contributed by atoms with Crippen LogP contribution in [0.1, 0.15) is 37.3 Å². The third kappa shape index (κ3) is 4.66. The molecule has 0 radical (unpaired) electrons. The molecule has 1 atom stereocenters. The fourth-order valence-corrected chi connectivity index (χ4v) is 4.02. The molecule has 1 saturated carbocycles. The van der Waals surface area contributed by atoms with Crippen molar-refractivity contribution in [2.45, 2.75) is 31.7 Å². The predicted octanol–water partition coefficient (Wildman–Crippen LogP) is 4.97. The van der Waals surface area contributed by atoms with E-state index in [4.69, 9.17) is 23.2 Å². The second kappa shape index (κ2) is 9.56. The van der Waals surface area contributed by atoms with Gasteiger partial charge in [0.15, 0.2) is 0 Å². The van der Waals surface area contributed by atoms with E-state index in [0.29, 0.717) is 16.1 Å². The lowest BCUT2D eigenvalue weighted by molar-refractivity contribution is 0.125. The van der Waals surface area contributed by atoms with Crippen molar-refractivity contribution in [1.82, 2.24) is 10.2 Å². The zero-order valence-corrected chi connectivity index (χ0v) is 15.7. The quantitative estimate of drug-likeness (QED) is 0.789. The van der Waals surface area contributed by atoms with Gasteiger partial charge in [0.05, 0.1) is 10.0 Å². The number of hydrogen-bond donors (Lipinski definition) is 1. The van der Waals surface area contributed by atoms with Crippen molar-refractivity contribution in [2.75, 3.05) is 26.2 Å². The van der Waals surface area contributed by atoms with Crippen LogP contribution in [0.3, 0.4) is 0 Å². The zero-order valence-electron chi connectivity index (χ0n) is 12.6. The van der Waals surface area contributed by atoms with Crippen molar-refractivity contribution >= 4 is 48.0 Å². The topological polar surface area (TPSA) is 15.3 Å². The number of hydrogen-bond acceptors (Lipinski definition) is 2. The SMILES string of the molecule is Cl.Cl.Clc1ccc([C@@H](C2CCCC2)N2CCNCC2)cc1Cl. The maximum absolute atomic E-state index is 6.24. The molecule has 6 heteroatoms. The van der Waals surface area contributed by atoms with Gasteiger partial charge in [0.25, 0.3) is 0 Å². The van der Waals surface area contributed by atoms with Crippen LogP contribution in [-0.2, 0) is 0 Å². The van der Waals surface area contributed by atoms with E-state index in [-0.39, 0.29) is 24.8 Å². The highest BCUT2D eigenvalue weighted by atomic mass is 35.5. The lowest BCUT2D eigenvalue weighted by Gasteiger charge is -2.38. The molecule has 1 N–H and O–H groups in total. The molecule has 0 aromatic heterocycles. The number of piperazine rings is 1. The Morgan fingerprint density at radius 1 is 1.00 bits per heavy atom. The van der Waals surface area contributed by atoms with Gasteiger partial charge in [0, 0.05) is 32.2 Å². The first-order valence-corrected chi connectivity index (χ1v) is 8.41. The summed E-state index contributed by atoms with van der Waals surface area (Å²) in [5, 5.41) is 4.78. The summed E-state index contributed by atoms with van der Waals surface area (Å²) < 4.78 is 0. The third-order valence-corrected chi connectivity index (χ3v) is 5.42. The highest BCUT2D eigenvalue weighted by Crippen LogP contribution is 2.40. The van der Waals surface area contributed by atoms with Crippen molar-refractivity contribution < 1.29 is 0 Å². The first-order chi connectivity index (χ1) is 9.75. The Bertz CT molecular complexity index is 457. The van der Waals surface area contributed by atoms with Gasteiger partial charge in [-0.1, -0.05) is 42.1 Å². The fourth-order valence-electron chi connectivity index (χ4n) is 3.71. The van der Waals surface area contributed by atoms with Crippen LogP contribution in [0.4, 0.5) is 0 Å². The van der Waals surface area contributed by atoms with Gasteiger partial charge >= 0.3 is 0 Å². The fraction of sp³-hybridized carbons (Fsp3) is 0.625. The Hall–Kier alpha value is 0.300. The second-order valence-electron chi connectivity index (χ2n) is 5.95. The number of nitrogens with zero attached hydrogens (tertiary/aromatic N) is 1. The maximum Gasteiger partial charge on any atom is 0.0595 e. The summed E-state index contributed by atoms with van der Waals surface area (Å²) in [7, 11) is 0. The molecular formula is C16H24Cl4N2. The van der Waals surface area contributed by atoms with E-state index >= 15 is 0 Å². The van der Waals surface area contributed by atoms with Crippen LogP contribution in [0, 0.1) is 5.92 Å². The first kappa shape index (κ1) is 20.3. The van der Waals surface area contributed by atoms with Gasteiger partial charge in [-0.05, 0) is 36.5 Å². The molecule has 1 aliphatic heterocycles. The maximum atomic E-state index is 6.24. The highest BCUT2D eigenvalue weighted by Gasteiger charge is 2.32. The molecule has 2 nitrogen and oxygen atoms in total. The Kier molecular flexibility index (Phi) is 8.84. The Morgan fingerprint density at radius 2 is 1.64 bits per heavy atom. The second-order valence-corrected chi connectivity index (χ2v) is 6.76. The average Bonchev–Trinajstić information content (AvgIpc) is 2.98. The van der Waals surface area contributed by atoms with E-state index < -0.39 is 0 Å². The Balaban J connectivity index is 0.00000121. The summed E-state index contributed by atoms with van der Waals surface area (Å²) in [6.07, 6.45) is 5.42. The minimum Gasteiger partial charge on any atom is -0.314 e. The molecule has 3 rings (SSSR count). The summed E-state index contributed by atoms with van der Waals surface area (Å²) in [4.78, 5) is 2.63. The van der Waals surface area contributed by atoms with Gasteiger partial charge in [0.2, 0.25) is 0 Å². The highest BCUT2D eigenvalue weighted by molar-refractivity contribution is 6.42. The molecule has 1 aliphatic carbocycles. The molecule has 2 aliphatic rings. The van der Waals surface area contributed by atoms with Crippen molar-refractivity contribution in [2.24, 2.45) is 5.92 Å². The molecule has 1 aromatic rings. The molecule has 22 heavy (non-hydrogen) atoms. The van der Waals surface area contributed by atoms with Crippen LogP contribution in [0.2, 0.25) is 10.0 Å². The van der Waals surface area contributed by atoms with Gasteiger partial charge in [-0.2, -0.15) is 0 Å². The van der Waals surface area contributed by atoms with Crippen LogP contribution < -0.4 is 5.32 Å². The van der Waals surface area contributed by atoms with E-state index in [1.54, 1.807) is 0 Å². The number of nitrogens with one attached hydrogen (secondary N) is 1. The summed E-state index contributed by atoms with van der Waals surface area (Å²) in [5.41, 5.74) is 1.34. The third-order valence-electron chi connectivity index (χ3n) is 4.68. The van der Waals surface area contributed by atoms with Gasteiger partial charge in [-0.15, -0.1) is 24.8 Å². The van der Waals surface area contributed by atoms with E-state index in [9.17, 15) is 0 Å². The van der Waals surface area contributed by atoms with Crippen molar-refractivity contribution in [1.29, 1.82) is 0 Å². The molecule has 0 amide bonds. The van der Waals surface area contributed by atoms with Crippen molar-refractivity contribution in [3.63, 3.8) is 0 Å². The van der Waals surface area contributed by atoms with Crippen LogP contribution in [0.25, 0.3) is 0 Å². The number of rotatable bonds is 3. The summed E-state index contributed by atoms with van der Waals surface area (Å²) in [5.74, 6) is 0.769. The summed E-state index contributed by atoms with van der Waals surface area (Å²) in [6, 6.07) is 6.70. The summed E-state index contributed by atoms with van der Waals surface area (Å²) >= 11 is 12.3. The molecular weight excluding hydrogens is 362 g/mol. The number of benzene rings is 1. The molecule has 126 valence electrons. The summed E-state index contributed by atoms with van der Waals surface area (Å²) in [6.45, 7) is 4.43. The Labute approximate surface area is 155 Å². The monoisotopic (exact) mass is 384 g/mol. The van der Waals surface area contributed by atoms with E-state index in [0.717, 1.165) is 32.1 Å². The molecule has 0 unspecified atom stereocenters. The largest absolute Gasteiger partial charge is 0.314 e. The van der Waals surface area contributed by atoms with Crippen molar-refractivity contribution in [3.05, 3.63) is 33.8 Å². The standard InChI is InChI=1S/C16H22Cl2N2.2ClH/c17-14-6-5-13(11-15(14)18)16(12-3-1-2-4-12)20-9-7-19-8-10-20;;/h5-6,11-12,16,19H,1-4,7-10H2;2*1H/t16-;;/m1../s1. The van der Waals surface area contributed by atoms with E-state index in [2.05, 4.69) is 22.3 Å². The van der Waals surface area contributed by atoms with Crippen LogP contribution >= 0.6 is 48.0 Å². The molecule has 0 spiro atoms. The first-order valence-electron chi connectivity index (χ1n) is 7.65. The van der Waals surface area contributed by atoms with Gasteiger partial charge in [-0.3, -0.25) is 4.90 Å². The average molecular weight is 386 g/mol. The number of halogens is 4. The minimum atomic E-state index is 0. The molecule has 1 aromatic carbocycles. The van der Waals surface area contributed by atoms with E-state index in [1.165, 1.54) is 31.2 Å². The van der Waals surface area contributed by atoms with Crippen LogP contribution in [-0.4, -0.2) is 31.1 Å². The Morgan fingerprint density at radius 3 is 2.23 bits per heavy atom. The van der Waals surface area contributed by atoms with Crippen LogP contribution in [0.5, 0.6) is 0 Å². The van der Waals surface area contributed by atoms with Gasteiger partial charge in [0.1, 0.15) is 0 Å². The zero-order chi connectivity index (χ0) is 13.9. The van der Waals surface area contributed by atoms with E-state index in [1.807, 2.05) is 6.07 Å².